The van der Waals surface area contributed by atoms with Gasteiger partial charge in [0.25, 0.3) is 0 Å². The zero-order chi connectivity index (χ0) is 22.2. The summed E-state index contributed by atoms with van der Waals surface area (Å²) >= 11 is 0. The smallest absolute Gasteiger partial charge is 0.142 e. The van der Waals surface area contributed by atoms with Crippen molar-refractivity contribution >= 4 is 5.69 Å². The number of nitrogen functional groups attached to an aromatic ring is 1. The third-order valence-corrected chi connectivity index (χ3v) is 6.96. The molecule has 0 saturated heterocycles. The molecular formula is C28H49NO2. The topological polar surface area (TPSA) is 55.5 Å². The van der Waals surface area contributed by atoms with E-state index in [1.165, 1.54) is 121 Å². The van der Waals surface area contributed by atoms with Crippen LogP contribution < -0.4 is 10.5 Å². The van der Waals surface area contributed by atoms with Crippen LogP contribution in [0.3, 0.4) is 0 Å². The molecule has 31 heavy (non-hydrogen) atoms. The Kier molecular flexibility index (Phi) is 13.6. The number of phenolic OH excluding ortho intramolecular Hbond substituents is 1. The summed E-state index contributed by atoms with van der Waals surface area (Å²) in [7, 11) is 0. The second kappa shape index (κ2) is 16.3. The van der Waals surface area contributed by atoms with E-state index in [0.29, 0.717) is 11.6 Å². The molecule has 1 saturated carbocycles. The van der Waals surface area contributed by atoms with Gasteiger partial charge in [0, 0.05) is 6.07 Å². The molecule has 1 aromatic rings. The predicted octanol–water partition coefficient (Wildman–Crippen LogP) is 8.88. The number of hydrogen-bond acceptors (Lipinski definition) is 3. The number of rotatable bonds is 17. The standard InChI is InChI=1S/C28H49NO2/c1-2-3-4-5-6-7-8-9-10-11-12-13-14-18-21-31-28-23-27(30)26(29)22-25(28)24-19-16-15-17-20-24/h22-24,30H,2-21,29H2,1H3. The predicted molar refractivity (Wildman–Crippen MR) is 134 cm³/mol. The Morgan fingerprint density at radius 1 is 0.774 bits per heavy atom. The van der Waals surface area contributed by atoms with Gasteiger partial charge in [-0.1, -0.05) is 110 Å². The van der Waals surface area contributed by atoms with Crippen LogP contribution in [0.15, 0.2) is 12.1 Å². The number of unbranched alkanes of at least 4 members (excludes halogenated alkanes) is 13. The van der Waals surface area contributed by atoms with Crippen molar-refractivity contribution in [1.82, 2.24) is 0 Å². The molecule has 1 fully saturated rings. The monoisotopic (exact) mass is 431 g/mol. The van der Waals surface area contributed by atoms with Crippen LogP contribution in [0.2, 0.25) is 0 Å². The summed E-state index contributed by atoms with van der Waals surface area (Å²) in [6.45, 7) is 3.02. The Labute approximate surface area is 192 Å². The Hall–Kier alpha value is -1.38. The molecular weight excluding hydrogens is 382 g/mol. The molecule has 0 amide bonds. The number of anilines is 1. The molecule has 1 aliphatic carbocycles. The lowest BCUT2D eigenvalue weighted by atomic mass is 9.83. The molecule has 0 radical (unpaired) electrons. The van der Waals surface area contributed by atoms with Gasteiger partial charge < -0.3 is 15.6 Å². The first-order valence-electron chi connectivity index (χ1n) is 13.5. The van der Waals surface area contributed by atoms with Crippen molar-refractivity contribution in [3.05, 3.63) is 17.7 Å². The van der Waals surface area contributed by atoms with Crippen molar-refractivity contribution < 1.29 is 9.84 Å². The number of benzene rings is 1. The summed E-state index contributed by atoms with van der Waals surface area (Å²) < 4.78 is 6.12. The van der Waals surface area contributed by atoms with Crippen molar-refractivity contribution in [2.24, 2.45) is 0 Å². The molecule has 3 N–H and O–H groups in total. The minimum absolute atomic E-state index is 0.149. The zero-order valence-corrected chi connectivity index (χ0v) is 20.3. The van der Waals surface area contributed by atoms with Crippen LogP contribution in [0.1, 0.15) is 140 Å². The van der Waals surface area contributed by atoms with E-state index in [-0.39, 0.29) is 5.75 Å². The highest BCUT2D eigenvalue weighted by molar-refractivity contribution is 5.59. The highest BCUT2D eigenvalue weighted by Gasteiger charge is 2.21. The zero-order valence-electron chi connectivity index (χ0n) is 20.3. The quantitative estimate of drug-likeness (QED) is 0.147. The lowest BCUT2D eigenvalue weighted by Gasteiger charge is -2.25. The van der Waals surface area contributed by atoms with Gasteiger partial charge in [0.15, 0.2) is 0 Å². The number of hydrogen-bond donors (Lipinski definition) is 2. The van der Waals surface area contributed by atoms with Crippen LogP contribution in [0.5, 0.6) is 11.5 Å². The van der Waals surface area contributed by atoms with Crippen molar-refractivity contribution in [3.63, 3.8) is 0 Å². The van der Waals surface area contributed by atoms with Crippen molar-refractivity contribution in [2.45, 2.75) is 135 Å². The maximum atomic E-state index is 10.0. The van der Waals surface area contributed by atoms with E-state index in [4.69, 9.17) is 10.5 Å². The van der Waals surface area contributed by atoms with Crippen LogP contribution in [0.25, 0.3) is 0 Å². The van der Waals surface area contributed by atoms with Crippen LogP contribution in [0, 0.1) is 0 Å². The molecule has 0 aromatic heterocycles. The molecule has 178 valence electrons. The van der Waals surface area contributed by atoms with Crippen LogP contribution in [-0.2, 0) is 0 Å². The van der Waals surface area contributed by atoms with Gasteiger partial charge >= 0.3 is 0 Å². The third kappa shape index (κ3) is 10.7. The van der Waals surface area contributed by atoms with Gasteiger partial charge in [0.05, 0.1) is 12.3 Å². The molecule has 0 atom stereocenters. The Morgan fingerprint density at radius 2 is 1.29 bits per heavy atom. The van der Waals surface area contributed by atoms with Crippen LogP contribution in [-0.4, -0.2) is 11.7 Å². The van der Waals surface area contributed by atoms with Crippen molar-refractivity contribution in [3.8, 4) is 11.5 Å². The average molecular weight is 432 g/mol. The third-order valence-electron chi connectivity index (χ3n) is 6.96. The first-order valence-corrected chi connectivity index (χ1v) is 13.5. The fourth-order valence-electron chi connectivity index (χ4n) is 4.94. The van der Waals surface area contributed by atoms with E-state index in [0.717, 1.165) is 18.8 Å². The van der Waals surface area contributed by atoms with Crippen molar-refractivity contribution in [2.75, 3.05) is 12.3 Å². The Bertz CT molecular complexity index is 581. The second-order valence-corrected chi connectivity index (χ2v) is 9.73. The van der Waals surface area contributed by atoms with E-state index in [2.05, 4.69) is 6.92 Å². The number of phenols is 1. The summed E-state index contributed by atoms with van der Waals surface area (Å²) in [5.41, 5.74) is 7.66. The van der Waals surface area contributed by atoms with E-state index in [1.807, 2.05) is 6.07 Å². The first kappa shape index (κ1) is 25.9. The normalized spacial score (nSPS) is 14.7. The molecule has 2 rings (SSSR count). The number of nitrogens with two attached hydrogens (primary N) is 1. The molecule has 0 spiro atoms. The van der Waals surface area contributed by atoms with E-state index in [9.17, 15) is 5.11 Å². The number of aromatic hydroxyl groups is 1. The lowest BCUT2D eigenvalue weighted by molar-refractivity contribution is 0.294. The minimum Gasteiger partial charge on any atom is -0.506 e. The summed E-state index contributed by atoms with van der Waals surface area (Å²) in [6.07, 6.45) is 25.4. The molecule has 1 aromatic carbocycles. The Morgan fingerprint density at radius 3 is 1.84 bits per heavy atom. The summed E-state index contributed by atoms with van der Waals surface area (Å²) in [5.74, 6) is 1.53. The average Bonchev–Trinajstić information content (AvgIpc) is 2.79. The van der Waals surface area contributed by atoms with Crippen molar-refractivity contribution in [1.29, 1.82) is 0 Å². The van der Waals surface area contributed by atoms with Gasteiger partial charge in [-0.15, -0.1) is 0 Å². The highest BCUT2D eigenvalue weighted by atomic mass is 16.5. The largest absolute Gasteiger partial charge is 0.506 e. The van der Waals surface area contributed by atoms with Crippen LogP contribution in [0.4, 0.5) is 5.69 Å². The molecule has 0 bridgehead atoms. The second-order valence-electron chi connectivity index (χ2n) is 9.73. The summed E-state index contributed by atoms with van der Waals surface area (Å²) in [5, 5.41) is 10.0. The van der Waals surface area contributed by atoms with E-state index in [1.54, 1.807) is 6.07 Å². The SMILES string of the molecule is CCCCCCCCCCCCCCCCOc1cc(O)c(N)cc1C1CCCCC1. The van der Waals surface area contributed by atoms with E-state index >= 15 is 0 Å². The van der Waals surface area contributed by atoms with Gasteiger partial charge in [-0.3, -0.25) is 0 Å². The summed E-state index contributed by atoms with van der Waals surface area (Å²) in [6, 6.07) is 3.69. The van der Waals surface area contributed by atoms with Gasteiger partial charge in [0.1, 0.15) is 11.5 Å². The first-order chi connectivity index (χ1) is 15.2. The fraction of sp³-hybridized carbons (Fsp3) is 0.786. The molecule has 0 unspecified atom stereocenters. The maximum absolute atomic E-state index is 10.0. The molecule has 3 heteroatoms. The minimum atomic E-state index is 0.149. The highest BCUT2D eigenvalue weighted by Crippen LogP contribution is 2.41. The van der Waals surface area contributed by atoms with Crippen LogP contribution >= 0.6 is 0 Å². The Balaban J connectivity index is 1.52. The molecule has 1 aliphatic rings. The summed E-state index contributed by atoms with van der Waals surface area (Å²) in [4.78, 5) is 0. The number of ether oxygens (including phenoxy) is 1. The lowest BCUT2D eigenvalue weighted by Crippen LogP contribution is -2.09. The van der Waals surface area contributed by atoms with Gasteiger partial charge in [-0.25, -0.2) is 0 Å². The maximum Gasteiger partial charge on any atom is 0.142 e. The molecule has 3 nitrogen and oxygen atoms in total. The van der Waals surface area contributed by atoms with Gasteiger partial charge in [0.2, 0.25) is 0 Å². The molecule has 0 aliphatic heterocycles. The van der Waals surface area contributed by atoms with Gasteiger partial charge in [-0.2, -0.15) is 0 Å². The van der Waals surface area contributed by atoms with E-state index < -0.39 is 0 Å². The van der Waals surface area contributed by atoms with Gasteiger partial charge in [-0.05, 0) is 36.8 Å². The molecule has 0 heterocycles. The fourth-order valence-corrected chi connectivity index (χ4v) is 4.94.